The summed E-state index contributed by atoms with van der Waals surface area (Å²) >= 11 is 0. The van der Waals surface area contributed by atoms with Crippen LogP contribution in [-0.4, -0.2) is 40.1 Å². The molecule has 0 saturated heterocycles. The van der Waals surface area contributed by atoms with E-state index in [1.165, 1.54) is 6.92 Å². The average molecular weight is 389 g/mol. The summed E-state index contributed by atoms with van der Waals surface area (Å²) in [5.41, 5.74) is 5.03. The van der Waals surface area contributed by atoms with Crippen molar-refractivity contribution in [3.63, 3.8) is 0 Å². The molecular weight excluding hydrogens is 370 g/mol. The molecule has 0 unspecified atom stereocenters. The Morgan fingerprint density at radius 1 is 1.00 bits per heavy atom. The van der Waals surface area contributed by atoms with Gasteiger partial charge in [0.15, 0.2) is 0 Å². The smallest absolute Gasteiger partial charge is 0.222 e. The molecule has 4 rings (SSSR count). The first-order valence-electron chi connectivity index (χ1n) is 8.90. The van der Waals surface area contributed by atoms with Crippen molar-refractivity contribution in [1.82, 2.24) is 19.9 Å². The van der Waals surface area contributed by atoms with Gasteiger partial charge in [-0.3, -0.25) is 4.79 Å². The average Bonchev–Trinajstić information content (AvgIpc) is 3.12. The van der Waals surface area contributed by atoms with E-state index in [0.29, 0.717) is 17.6 Å². The highest BCUT2D eigenvalue weighted by molar-refractivity contribution is 6.02. The van der Waals surface area contributed by atoms with E-state index in [0.717, 1.165) is 33.4 Å². The van der Waals surface area contributed by atoms with Gasteiger partial charge in [-0.05, 0) is 24.3 Å². The minimum absolute atomic E-state index is 0.183. The number of carbonyl (C=O) groups is 1. The van der Waals surface area contributed by atoms with Crippen molar-refractivity contribution in [1.29, 1.82) is 0 Å². The van der Waals surface area contributed by atoms with Crippen molar-refractivity contribution in [2.24, 2.45) is 0 Å². The van der Waals surface area contributed by atoms with Gasteiger partial charge in [-0.1, -0.05) is 0 Å². The minimum atomic E-state index is -0.183. The van der Waals surface area contributed by atoms with Crippen LogP contribution >= 0.6 is 0 Å². The first kappa shape index (κ1) is 18.4. The summed E-state index contributed by atoms with van der Waals surface area (Å²) in [6.07, 6.45) is 3.39. The normalized spacial score (nSPS) is 10.7. The van der Waals surface area contributed by atoms with Crippen LogP contribution < -0.4 is 14.8 Å². The topological polar surface area (TPSA) is 102 Å². The van der Waals surface area contributed by atoms with Gasteiger partial charge in [0.05, 0.1) is 25.4 Å². The predicted molar refractivity (Wildman–Crippen MR) is 110 cm³/mol. The van der Waals surface area contributed by atoms with Crippen molar-refractivity contribution in [3.8, 4) is 34.1 Å². The zero-order valence-corrected chi connectivity index (χ0v) is 16.2. The summed E-state index contributed by atoms with van der Waals surface area (Å²) in [7, 11) is 3.16. The number of fused-ring (bicyclic) bond motifs is 1. The van der Waals surface area contributed by atoms with Gasteiger partial charge in [-0.2, -0.15) is 0 Å². The maximum atomic E-state index is 11.4. The van der Waals surface area contributed by atoms with Gasteiger partial charge in [-0.15, -0.1) is 0 Å². The molecule has 0 bridgehead atoms. The van der Waals surface area contributed by atoms with Gasteiger partial charge in [0.2, 0.25) is 17.7 Å². The fourth-order valence-corrected chi connectivity index (χ4v) is 3.14. The van der Waals surface area contributed by atoms with Gasteiger partial charge in [0.25, 0.3) is 0 Å². The lowest BCUT2D eigenvalue weighted by molar-refractivity contribution is -0.114. The summed E-state index contributed by atoms with van der Waals surface area (Å²) in [5, 5.41) is 2.71. The Morgan fingerprint density at radius 2 is 1.79 bits per heavy atom. The number of methoxy groups -OCH3 is 2. The molecule has 0 radical (unpaired) electrons. The fourth-order valence-electron chi connectivity index (χ4n) is 3.14. The largest absolute Gasteiger partial charge is 0.481 e. The molecule has 0 aliphatic rings. The molecule has 1 amide bonds. The van der Waals surface area contributed by atoms with Crippen molar-refractivity contribution in [2.75, 3.05) is 19.5 Å². The van der Waals surface area contributed by atoms with Crippen LogP contribution in [0.15, 0.2) is 48.8 Å². The van der Waals surface area contributed by atoms with Crippen LogP contribution in [0.2, 0.25) is 0 Å². The van der Waals surface area contributed by atoms with E-state index in [4.69, 9.17) is 9.47 Å². The van der Waals surface area contributed by atoms with Gasteiger partial charge in [0.1, 0.15) is 11.3 Å². The number of hydrogen-bond acceptors (Lipinski definition) is 6. The lowest BCUT2D eigenvalue weighted by atomic mass is 10.0. The molecule has 4 heterocycles. The Hall–Kier alpha value is -3.94. The molecule has 146 valence electrons. The monoisotopic (exact) mass is 389 g/mol. The van der Waals surface area contributed by atoms with E-state index in [-0.39, 0.29) is 5.91 Å². The highest BCUT2D eigenvalue weighted by Gasteiger charge is 2.18. The summed E-state index contributed by atoms with van der Waals surface area (Å²) in [4.78, 5) is 28.0. The third-order valence-corrected chi connectivity index (χ3v) is 4.41. The second-order valence-electron chi connectivity index (χ2n) is 6.32. The molecule has 29 heavy (non-hydrogen) atoms. The highest BCUT2D eigenvalue weighted by Crippen LogP contribution is 2.38. The van der Waals surface area contributed by atoms with Gasteiger partial charge in [0, 0.05) is 48.1 Å². The number of rotatable bonds is 5. The molecule has 8 heteroatoms. The standard InChI is InChI=1S/C21H19N5O3/c1-12(27)24-16-10-13(8-9-22-16)20-19(14-4-6-17(28-2)23-11-14)21-15(25-20)5-7-18(26-21)29-3/h4-11,25H,1-3H3,(H,22,24,27). The van der Waals surface area contributed by atoms with E-state index in [2.05, 4.69) is 25.3 Å². The molecule has 0 spiro atoms. The molecule has 0 fully saturated rings. The van der Waals surface area contributed by atoms with Crippen LogP contribution in [0.1, 0.15) is 6.92 Å². The van der Waals surface area contributed by atoms with Gasteiger partial charge >= 0.3 is 0 Å². The number of amides is 1. The zero-order valence-electron chi connectivity index (χ0n) is 16.2. The molecule has 0 atom stereocenters. The summed E-state index contributed by atoms with van der Waals surface area (Å²) in [6, 6.07) is 11.1. The fraction of sp³-hybridized carbons (Fsp3) is 0.143. The summed E-state index contributed by atoms with van der Waals surface area (Å²) in [6.45, 7) is 1.45. The Balaban J connectivity index is 1.94. The SMILES string of the molecule is COc1ccc(-c2c(-c3ccnc(NC(C)=O)c3)[nH]c3ccc(OC)nc23)cn1. The van der Waals surface area contributed by atoms with Crippen LogP contribution in [0.5, 0.6) is 11.8 Å². The van der Waals surface area contributed by atoms with Crippen molar-refractivity contribution in [3.05, 3.63) is 48.8 Å². The molecule has 4 aromatic rings. The zero-order chi connectivity index (χ0) is 20.4. The van der Waals surface area contributed by atoms with E-state index in [9.17, 15) is 4.79 Å². The lowest BCUT2D eigenvalue weighted by Gasteiger charge is -2.08. The van der Waals surface area contributed by atoms with Crippen molar-refractivity contribution in [2.45, 2.75) is 6.92 Å². The van der Waals surface area contributed by atoms with E-state index < -0.39 is 0 Å². The maximum Gasteiger partial charge on any atom is 0.222 e. The molecule has 2 N–H and O–H groups in total. The van der Waals surface area contributed by atoms with E-state index >= 15 is 0 Å². The molecular formula is C21H19N5O3. The molecule has 0 aliphatic heterocycles. The van der Waals surface area contributed by atoms with Crippen molar-refractivity contribution < 1.29 is 14.3 Å². The first-order chi connectivity index (χ1) is 14.1. The van der Waals surface area contributed by atoms with Crippen LogP contribution in [-0.2, 0) is 4.79 Å². The predicted octanol–water partition coefficient (Wildman–Crippen LogP) is 3.66. The van der Waals surface area contributed by atoms with Crippen LogP contribution in [0.25, 0.3) is 33.4 Å². The third-order valence-electron chi connectivity index (χ3n) is 4.41. The summed E-state index contributed by atoms with van der Waals surface area (Å²) in [5.74, 6) is 1.33. The number of ether oxygens (including phenoxy) is 2. The molecule has 8 nitrogen and oxygen atoms in total. The van der Waals surface area contributed by atoms with Crippen LogP contribution in [0.3, 0.4) is 0 Å². The molecule has 0 aromatic carbocycles. The minimum Gasteiger partial charge on any atom is -0.481 e. The van der Waals surface area contributed by atoms with E-state index in [1.807, 2.05) is 24.3 Å². The number of H-pyrrole nitrogens is 1. The Bertz CT molecular complexity index is 1180. The maximum absolute atomic E-state index is 11.4. The third kappa shape index (κ3) is 3.60. The molecule has 0 aliphatic carbocycles. The lowest BCUT2D eigenvalue weighted by Crippen LogP contribution is -2.07. The van der Waals surface area contributed by atoms with Crippen molar-refractivity contribution >= 4 is 22.8 Å². The molecule has 0 saturated carbocycles. The second-order valence-corrected chi connectivity index (χ2v) is 6.32. The summed E-state index contributed by atoms with van der Waals surface area (Å²) < 4.78 is 10.5. The first-order valence-corrected chi connectivity index (χ1v) is 8.90. The number of nitrogens with zero attached hydrogens (tertiary/aromatic N) is 3. The second kappa shape index (κ2) is 7.59. The highest BCUT2D eigenvalue weighted by atomic mass is 16.5. The Kier molecular flexibility index (Phi) is 4.82. The quantitative estimate of drug-likeness (QED) is 0.540. The molecule has 4 aromatic heterocycles. The number of pyridine rings is 3. The number of hydrogen-bond donors (Lipinski definition) is 2. The Labute approximate surface area is 166 Å². The van der Waals surface area contributed by atoms with E-state index in [1.54, 1.807) is 38.7 Å². The van der Waals surface area contributed by atoms with Crippen LogP contribution in [0, 0.1) is 0 Å². The number of aromatic amines is 1. The van der Waals surface area contributed by atoms with Gasteiger partial charge < -0.3 is 19.8 Å². The number of aromatic nitrogens is 4. The number of carbonyl (C=O) groups excluding carboxylic acids is 1. The van der Waals surface area contributed by atoms with Crippen LogP contribution in [0.4, 0.5) is 5.82 Å². The van der Waals surface area contributed by atoms with Gasteiger partial charge in [-0.25, -0.2) is 15.0 Å². The Morgan fingerprint density at radius 3 is 2.48 bits per heavy atom. The number of nitrogens with one attached hydrogen (secondary N) is 2. The number of anilines is 1.